The van der Waals surface area contributed by atoms with Crippen LogP contribution >= 0.6 is 23.2 Å². The van der Waals surface area contributed by atoms with Crippen LogP contribution in [0.15, 0.2) is 30.5 Å². The van der Waals surface area contributed by atoms with Crippen molar-refractivity contribution in [1.29, 1.82) is 0 Å². The molecule has 19 heavy (non-hydrogen) atoms. The van der Waals surface area contributed by atoms with E-state index in [9.17, 15) is 0 Å². The van der Waals surface area contributed by atoms with Gasteiger partial charge in [-0.3, -0.25) is 4.68 Å². The predicted octanol–water partition coefficient (Wildman–Crippen LogP) is 3.62. The van der Waals surface area contributed by atoms with Crippen LogP contribution in [0.5, 0.6) is 0 Å². The quantitative estimate of drug-likeness (QED) is 0.913. The maximum Gasteiger partial charge on any atom is 0.0643 e. The SMILES string of the molecule is CCNC(Cc1ccn(C)n1)c1cccc(Cl)c1Cl. The molecule has 0 saturated carbocycles. The standard InChI is InChI=1S/C14H17Cl2N3/c1-3-17-13(9-10-7-8-19(2)18-10)11-5-4-6-12(15)14(11)16/h4-8,13,17H,3,9H2,1-2H3. The van der Waals surface area contributed by atoms with Crippen molar-refractivity contribution in [3.63, 3.8) is 0 Å². The fraction of sp³-hybridized carbons (Fsp3) is 0.357. The first kappa shape index (κ1) is 14.4. The minimum atomic E-state index is 0.117. The topological polar surface area (TPSA) is 29.9 Å². The molecular weight excluding hydrogens is 281 g/mol. The van der Waals surface area contributed by atoms with Crippen LogP contribution in [0.25, 0.3) is 0 Å². The fourth-order valence-electron chi connectivity index (χ4n) is 2.11. The van der Waals surface area contributed by atoms with Gasteiger partial charge < -0.3 is 5.32 Å². The van der Waals surface area contributed by atoms with Gasteiger partial charge in [0.15, 0.2) is 0 Å². The predicted molar refractivity (Wildman–Crippen MR) is 79.8 cm³/mol. The Morgan fingerprint density at radius 3 is 2.74 bits per heavy atom. The molecular formula is C14H17Cl2N3. The van der Waals surface area contributed by atoms with Gasteiger partial charge in [0.25, 0.3) is 0 Å². The second-order valence-electron chi connectivity index (χ2n) is 4.44. The lowest BCUT2D eigenvalue weighted by Gasteiger charge is -2.19. The van der Waals surface area contributed by atoms with Crippen molar-refractivity contribution in [2.24, 2.45) is 7.05 Å². The molecule has 0 fully saturated rings. The van der Waals surface area contributed by atoms with E-state index in [1.165, 1.54) is 0 Å². The van der Waals surface area contributed by atoms with Crippen LogP contribution in [0.1, 0.15) is 24.2 Å². The zero-order valence-corrected chi connectivity index (χ0v) is 12.5. The van der Waals surface area contributed by atoms with Gasteiger partial charge in [-0.2, -0.15) is 5.10 Å². The number of halogens is 2. The Kier molecular flexibility index (Phi) is 4.86. The van der Waals surface area contributed by atoms with Gasteiger partial charge in [-0.1, -0.05) is 42.3 Å². The van der Waals surface area contributed by atoms with Crippen molar-refractivity contribution in [1.82, 2.24) is 15.1 Å². The molecule has 5 heteroatoms. The van der Waals surface area contributed by atoms with Crippen LogP contribution in [0.4, 0.5) is 0 Å². The van der Waals surface area contributed by atoms with E-state index < -0.39 is 0 Å². The van der Waals surface area contributed by atoms with Crippen LogP contribution in [-0.2, 0) is 13.5 Å². The molecule has 0 aliphatic heterocycles. The Bertz CT molecular complexity index is 551. The molecule has 0 saturated heterocycles. The van der Waals surface area contributed by atoms with E-state index in [0.717, 1.165) is 24.2 Å². The van der Waals surface area contributed by atoms with Gasteiger partial charge in [0.1, 0.15) is 0 Å². The van der Waals surface area contributed by atoms with E-state index in [-0.39, 0.29) is 6.04 Å². The Labute approximate surface area is 123 Å². The summed E-state index contributed by atoms with van der Waals surface area (Å²) in [5.41, 5.74) is 2.05. The molecule has 1 aromatic heterocycles. The summed E-state index contributed by atoms with van der Waals surface area (Å²) >= 11 is 12.4. The molecule has 0 aliphatic carbocycles. The summed E-state index contributed by atoms with van der Waals surface area (Å²) < 4.78 is 1.80. The monoisotopic (exact) mass is 297 g/mol. The smallest absolute Gasteiger partial charge is 0.0643 e. The fourth-order valence-corrected chi connectivity index (χ4v) is 2.55. The zero-order chi connectivity index (χ0) is 13.8. The number of likely N-dealkylation sites (N-methyl/N-ethyl adjacent to an activating group) is 1. The number of nitrogens with zero attached hydrogens (tertiary/aromatic N) is 2. The Morgan fingerprint density at radius 2 is 2.11 bits per heavy atom. The van der Waals surface area contributed by atoms with Crippen molar-refractivity contribution in [2.45, 2.75) is 19.4 Å². The van der Waals surface area contributed by atoms with E-state index in [2.05, 4.69) is 17.3 Å². The molecule has 1 unspecified atom stereocenters. The lowest BCUT2D eigenvalue weighted by Crippen LogP contribution is -2.23. The second kappa shape index (κ2) is 6.42. The first-order valence-corrected chi connectivity index (χ1v) is 7.03. The highest BCUT2D eigenvalue weighted by Crippen LogP contribution is 2.31. The molecule has 102 valence electrons. The van der Waals surface area contributed by atoms with Gasteiger partial charge in [0, 0.05) is 25.7 Å². The summed E-state index contributed by atoms with van der Waals surface area (Å²) in [5.74, 6) is 0. The third-order valence-corrected chi connectivity index (χ3v) is 3.82. The third-order valence-electron chi connectivity index (χ3n) is 2.99. The average molecular weight is 298 g/mol. The van der Waals surface area contributed by atoms with Gasteiger partial charge in [-0.15, -0.1) is 0 Å². The maximum absolute atomic E-state index is 6.30. The molecule has 0 radical (unpaired) electrons. The van der Waals surface area contributed by atoms with Crippen LogP contribution in [0.2, 0.25) is 10.0 Å². The first-order chi connectivity index (χ1) is 9.11. The molecule has 0 amide bonds. The highest BCUT2D eigenvalue weighted by Gasteiger charge is 2.17. The average Bonchev–Trinajstić information content (AvgIpc) is 2.78. The molecule has 1 aromatic carbocycles. The van der Waals surface area contributed by atoms with Crippen molar-refractivity contribution in [2.75, 3.05) is 6.54 Å². The number of aromatic nitrogens is 2. The maximum atomic E-state index is 6.30. The van der Waals surface area contributed by atoms with Crippen molar-refractivity contribution < 1.29 is 0 Å². The molecule has 0 aliphatic rings. The van der Waals surface area contributed by atoms with Crippen molar-refractivity contribution in [3.8, 4) is 0 Å². The number of benzene rings is 1. The van der Waals surface area contributed by atoms with E-state index >= 15 is 0 Å². The van der Waals surface area contributed by atoms with Crippen molar-refractivity contribution in [3.05, 3.63) is 51.8 Å². The Hall–Kier alpha value is -1.03. The third kappa shape index (κ3) is 3.50. The summed E-state index contributed by atoms with van der Waals surface area (Å²) in [6, 6.07) is 7.86. The van der Waals surface area contributed by atoms with Gasteiger partial charge in [-0.25, -0.2) is 0 Å². The summed E-state index contributed by atoms with van der Waals surface area (Å²) in [6.45, 7) is 2.93. The van der Waals surface area contributed by atoms with E-state index in [1.54, 1.807) is 10.7 Å². The summed E-state index contributed by atoms with van der Waals surface area (Å²) in [6.07, 6.45) is 2.73. The molecule has 1 heterocycles. The summed E-state index contributed by atoms with van der Waals surface area (Å²) in [7, 11) is 1.91. The minimum absolute atomic E-state index is 0.117. The first-order valence-electron chi connectivity index (χ1n) is 6.27. The van der Waals surface area contributed by atoms with E-state index in [0.29, 0.717) is 10.0 Å². The molecule has 0 spiro atoms. The number of rotatable bonds is 5. The van der Waals surface area contributed by atoms with Crippen LogP contribution in [0, 0.1) is 0 Å². The van der Waals surface area contributed by atoms with Gasteiger partial charge in [-0.05, 0) is 24.2 Å². The number of hydrogen-bond donors (Lipinski definition) is 1. The molecule has 3 nitrogen and oxygen atoms in total. The lowest BCUT2D eigenvalue weighted by atomic mass is 10.0. The molecule has 1 atom stereocenters. The number of hydrogen-bond acceptors (Lipinski definition) is 2. The highest BCUT2D eigenvalue weighted by molar-refractivity contribution is 6.42. The summed E-state index contributed by atoms with van der Waals surface area (Å²) in [4.78, 5) is 0. The van der Waals surface area contributed by atoms with Gasteiger partial charge >= 0.3 is 0 Å². The number of nitrogens with one attached hydrogen (secondary N) is 1. The molecule has 0 bridgehead atoms. The summed E-state index contributed by atoms with van der Waals surface area (Å²) in [5, 5.41) is 9.05. The molecule has 2 aromatic rings. The Morgan fingerprint density at radius 1 is 1.32 bits per heavy atom. The number of aryl methyl sites for hydroxylation is 1. The van der Waals surface area contributed by atoms with Crippen LogP contribution in [0.3, 0.4) is 0 Å². The van der Waals surface area contributed by atoms with Gasteiger partial charge in [0.2, 0.25) is 0 Å². The molecule has 2 rings (SSSR count). The van der Waals surface area contributed by atoms with Gasteiger partial charge in [0.05, 0.1) is 15.7 Å². The minimum Gasteiger partial charge on any atom is -0.310 e. The van der Waals surface area contributed by atoms with Crippen LogP contribution < -0.4 is 5.32 Å². The largest absolute Gasteiger partial charge is 0.310 e. The van der Waals surface area contributed by atoms with E-state index in [1.807, 2.05) is 31.4 Å². The second-order valence-corrected chi connectivity index (χ2v) is 5.22. The lowest BCUT2D eigenvalue weighted by molar-refractivity contribution is 0.540. The van der Waals surface area contributed by atoms with Crippen molar-refractivity contribution >= 4 is 23.2 Å². The highest BCUT2D eigenvalue weighted by atomic mass is 35.5. The van der Waals surface area contributed by atoms with E-state index in [4.69, 9.17) is 23.2 Å². The van der Waals surface area contributed by atoms with Crippen LogP contribution in [-0.4, -0.2) is 16.3 Å². The zero-order valence-electron chi connectivity index (χ0n) is 11.0. The Balaban J connectivity index is 2.26. The normalized spacial score (nSPS) is 12.6. The molecule has 1 N–H and O–H groups in total.